The predicted molar refractivity (Wildman–Crippen MR) is 78.7 cm³/mol. The van der Waals surface area contributed by atoms with Crippen molar-refractivity contribution in [2.75, 3.05) is 28.4 Å². The van der Waals surface area contributed by atoms with Gasteiger partial charge in [-0.15, -0.1) is 0 Å². The molecule has 0 bridgehead atoms. The lowest BCUT2D eigenvalue weighted by atomic mass is 9.85. The second-order valence-corrected chi connectivity index (χ2v) is 5.70. The molecule has 0 amide bonds. The van der Waals surface area contributed by atoms with Crippen LogP contribution in [0.3, 0.4) is 0 Å². The molecular formula is C16H26O4. The van der Waals surface area contributed by atoms with E-state index in [-0.39, 0.29) is 5.41 Å². The minimum Gasteiger partial charge on any atom is -0.352 e. The SMILES string of the molecule is COC(OC)c1ccc(C(C)(C)C)cc1C(OC)OC. The molecule has 0 heterocycles. The van der Waals surface area contributed by atoms with Crippen LogP contribution in [0.15, 0.2) is 18.2 Å². The Bertz CT molecular complexity index is 415. The van der Waals surface area contributed by atoms with Crippen LogP contribution in [0.2, 0.25) is 0 Å². The van der Waals surface area contributed by atoms with Gasteiger partial charge in [0.2, 0.25) is 0 Å². The fourth-order valence-electron chi connectivity index (χ4n) is 2.16. The van der Waals surface area contributed by atoms with E-state index in [9.17, 15) is 0 Å². The number of hydrogen-bond acceptors (Lipinski definition) is 4. The molecule has 0 aromatic heterocycles. The van der Waals surface area contributed by atoms with Gasteiger partial charge in [0.1, 0.15) is 0 Å². The van der Waals surface area contributed by atoms with Gasteiger partial charge in [-0.05, 0) is 17.0 Å². The van der Waals surface area contributed by atoms with Gasteiger partial charge in [-0.3, -0.25) is 0 Å². The van der Waals surface area contributed by atoms with Crippen molar-refractivity contribution in [2.24, 2.45) is 0 Å². The Balaban J connectivity index is 3.37. The average Bonchev–Trinajstić information content (AvgIpc) is 2.41. The Kier molecular flexibility index (Phi) is 6.14. The number of benzene rings is 1. The Morgan fingerprint density at radius 3 is 1.60 bits per heavy atom. The van der Waals surface area contributed by atoms with Crippen LogP contribution < -0.4 is 0 Å². The molecule has 0 N–H and O–H groups in total. The highest BCUT2D eigenvalue weighted by atomic mass is 16.7. The lowest BCUT2D eigenvalue weighted by Gasteiger charge is -2.26. The second-order valence-electron chi connectivity index (χ2n) is 5.70. The molecule has 1 aromatic carbocycles. The van der Waals surface area contributed by atoms with E-state index in [4.69, 9.17) is 18.9 Å². The standard InChI is InChI=1S/C16H26O4/c1-16(2,3)11-8-9-12(14(17-4)18-5)13(10-11)15(19-6)20-7/h8-10,14-15H,1-7H3. The zero-order chi connectivity index (χ0) is 15.3. The van der Waals surface area contributed by atoms with Gasteiger partial charge in [-0.2, -0.15) is 0 Å². The molecule has 0 radical (unpaired) electrons. The first-order valence-electron chi connectivity index (χ1n) is 6.64. The van der Waals surface area contributed by atoms with Gasteiger partial charge in [-0.1, -0.05) is 32.9 Å². The molecule has 1 rings (SSSR count). The van der Waals surface area contributed by atoms with Crippen LogP contribution in [0, 0.1) is 0 Å². The van der Waals surface area contributed by atoms with Crippen molar-refractivity contribution in [2.45, 2.75) is 38.8 Å². The van der Waals surface area contributed by atoms with E-state index in [1.807, 2.05) is 6.07 Å². The van der Waals surface area contributed by atoms with E-state index < -0.39 is 12.6 Å². The summed E-state index contributed by atoms with van der Waals surface area (Å²) in [7, 11) is 6.47. The van der Waals surface area contributed by atoms with E-state index in [0.717, 1.165) is 11.1 Å². The summed E-state index contributed by atoms with van der Waals surface area (Å²) in [6, 6.07) is 6.20. The van der Waals surface area contributed by atoms with Crippen molar-refractivity contribution in [3.8, 4) is 0 Å². The van der Waals surface area contributed by atoms with Gasteiger partial charge < -0.3 is 18.9 Å². The van der Waals surface area contributed by atoms with Crippen molar-refractivity contribution in [1.29, 1.82) is 0 Å². The summed E-state index contributed by atoms with van der Waals surface area (Å²) in [6.45, 7) is 6.51. The molecule has 0 unspecified atom stereocenters. The summed E-state index contributed by atoms with van der Waals surface area (Å²) in [5.74, 6) is 0. The Labute approximate surface area is 122 Å². The maximum atomic E-state index is 5.40. The molecule has 0 saturated heterocycles. The summed E-state index contributed by atoms with van der Waals surface area (Å²) in [4.78, 5) is 0. The fraction of sp³-hybridized carbons (Fsp3) is 0.625. The average molecular weight is 282 g/mol. The van der Waals surface area contributed by atoms with Gasteiger partial charge in [-0.25, -0.2) is 0 Å². The van der Waals surface area contributed by atoms with E-state index in [1.165, 1.54) is 5.56 Å². The van der Waals surface area contributed by atoms with Crippen molar-refractivity contribution in [3.05, 3.63) is 34.9 Å². The molecule has 0 atom stereocenters. The third kappa shape index (κ3) is 3.79. The van der Waals surface area contributed by atoms with Crippen LogP contribution in [0.25, 0.3) is 0 Å². The van der Waals surface area contributed by atoms with Crippen molar-refractivity contribution in [3.63, 3.8) is 0 Å². The van der Waals surface area contributed by atoms with Gasteiger partial charge in [0, 0.05) is 39.6 Å². The summed E-state index contributed by atoms with van der Waals surface area (Å²) < 4.78 is 21.5. The topological polar surface area (TPSA) is 36.9 Å². The molecule has 0 aliphatic rings. The molecule has 114 valence electrons. The van der Waals surface area contributed by atoms with E-state index in [2.05, 4.69) is 32.9 Å². The largest absolute Gasteiger partial charge is 0.352 e. The summed E-state index contributed by atoms with van der Waals surface area (Å²) in [5, 5.41) is 0. The quantitative estimate of drug-likeness (QED) is 0.747. The molecule has 4 nitrogen and oxygen atoms in total. The van der Waals surface area contributed by atoms with Crippen molar-refractivity contribution >= 4 is 0 Å². The van der Waals surface area contributed by atoms with Crippen molar-refractivity contribution in [1.82, 2.24) is 0 Å². The minimum atomic E-state index is -0.444. The monoisotopic (exact) mass is 282 g/mol. The van der Waals surface area contributed by atoms with E-state index in [1.54, 1.807) is 28.4 Å². The molecule has 4 heteroatoms. The molecular weight excluding hydrogens is 256 g/mol. The first kappa shape index (κ1) is 17.1. The van der Waals surface area contributed by atoms with Gasteiger partial charge in [0.05, 0.1) is 0 Å². The third-order valence-corrected chi connectivity index (χ3v) is 3.32. The lowest BCUT2D eigenvalue weighted by molar-refractivity contribution is -0.123. The molecule has 1 aromatic rings. The van der Waals surface area contributed by atoms with Gasteiger partial charge >= 0.3 is 0 Å². The number of ether oxygens (including phenoxy) is 4. The maximum Gasteiger partial charge on any atom is 0.183 e. The number of rotatable bonds is 6. The maximum absolute atomic E-state index is 5.40. The molecule has 0 aliphatic heterocycles. The molecule has 0 fully saturated rings. The normalized spacial score (nSPS) is 12.4. The first-order chi connectivity index (χ1) is 9.38. The van der Waals surface area contributed by atoms with Gasteiger partial charge in [0.15, 0.2) is 12.6 Å². The molecule has 0 spiro atoms. The summed E-state index contributed by atoms with van der Waals surface area (Å²) in [5.41, 5.74) is 3.10. The zero-order valence-corrected chi connectivity index (χ0v) is 13.5. The first-order valence-corrected chi connectivity index (χ1v) is 6.64. The van der Waals surface area contributed by atoms with Crippen LogP contribution >= 0.6 is 0 Å². The fourth-order valence-corrected chi connectivity index (χ4v) is 2.16. The lowest BCUT2D eigenvalue weighted by Crippen LogP contribution is -2.17. The highest BCUT2D eigenvalue weighted by Gasteiger charge is 2.23. The number of methoxy groups -OCH3 is 4. The third-order valence-electron chi connectivity index (χ3n) is 3.32. The minimum absolute atomic E-state index is 0.0505. The van der Waals surface area contributed by atoms with E-state index in [0.29, 0.717) is 0 Å². The molecule has 0 saturated carbocycles. The van der Waals surface area contributed by atoms with E-state index >= 15 is 0 Å². The smallest absolute Gasteiger partial charge is 0.183 e. The Hall–Kier alpha value is -0.940. The van der Waals surface area contributed by atoms with Gasteiger partial charge in [0.25, 0.3) is 0 Å². The van der Waals surface area contributed by atoms with Crippen LogP contribution in [0.5, 0.6) is 0 Å². The Morgan fingerprint density at radius 2 is 1.20 bits per heavy atom. The second kappa shape index (κ2) is 7.18. The summed E-state index contributed by atoms with van der Waals surface area (Å²) >= 11 is 0. The highest BCUT2D eigenvalue weighted by Crippen LogP contribution is 2.33. The predicted octanol–water partition coefficient (Wildman–Crippen LogP) is 3.57. The van der Waals surface area contributed by atoms with Crippen molar-refractivity contribution < 1.29 is 18.9 Å². The number of hydrogen-bond donors (Lipinski definition) is 0. The molecule has 0 aliphatic carbocycles. The van der Waals surface area contributed by atoms with Crippen LogP contribution in [-0.2, 0) is 24.4 Å². The zero-order valence-electron chi connectivity index (χ0n) is 13.5. The highest BCUT2D eigenvalue weighted by molar-refractivity contribution is 5.37. The Morgan fingerprint density at radius 1 is 0.750 bits per heavy atom. The van der Waals surface area contributed by atoms with Crippen LogP contribution in [0.4, 0.5) is 0 Å². The van der Waals surface area contributed by atoms with Crippen LogP contribution in [-0.4, -0.2) is 28.4 Å². The molecule has 20 heavy (non-hydrogen) atoms. The summed E-state index contributed by atoms with van der Waals surface area (Å²) in [6.07, 6.45) is -0.882. The van der Waals surface area contributed by atoms with Crippen LogP contribution in [0.1, 0.15) is 50.0 Å².